The van der Waals surface area contributed by atoms with Crippen LogP contribution in [0.3, 0.4) is 0 Å². The van der Waals surface area contributed by atoms with Crippen molar-refractivity contribution in [3.63, 3.8) is 0 Å². The summed E-state index contributed by atoms with van der Waals surface area (Å²) in [7, 11) is 0. The molecular weight excluding hydrogens is 204 g/mol. The van der Waals surface area contributed by atoms with Gasteiger partial charge in [-0.2, -0.15) is 0 Å². The van der Waals surface area contributed by atoms with Gasteiger partial charge in [-0.15, -0.1) is 0 Å². The quantitative estimate of drug-likeness (QED) is 0.511. The Morgan fingerprint density at radius 3 is 1.24 bits per heavy atom. The fourth-order valence-electron chi connectivity index (χ4n) is 4.33. The first kappa shape index (κ1) is 17.0. The van der Waals surface area contributed by atoms with Crippen LogP contribution in [0.5, 0.6) is 0 Å². The third kappa shape index (κ3) is 3.06. The Morgan fingerprint density at radius 2 is 1.06 bits per heavy atom. The van der Waals surface area contributed by atoms with E-state index in [-0.39, 0.29) is 0 Å². The first-order chi connectivity index (χ1) is 7.76. The Labute approximate surface area is 111 Å². The largest absolute Gasteiger partial charge is 0.0651 e. The Hall–Kier alpha value is 0. The zero-order chi connectivity index (χ0) is 13.8. The molecule has 0 bridgehead atoms. The van der Waals surface area contributed by atoms with E-state index in [1.165, 1.54) is 12.8 Å². The van der Waals surface area contributed by atoms with E-state index in [4.69, 9.17) is 0 Å². The van der Waals surface area contributed by atoms with Gasteiger partial charge in [0.05, 0.1) is 0 Å². The van der Waals surface area contributed by atoms with Crippen molar-refractivity contribution in [2.75, 3.05) is 0 Å². The lowest BCUT2D eigenvalue weighted by Crippen LogP contribution is -2.47. The average Bonchev–Trinajstić information content (AvgIpc) is 2.28. The van der Waals surface area contributed by atoms with Crippen LogP contribution in [-0.4, -0.2) is 0 Å². The van der Waals surface area contributed by atoms with Crippen LogP contribution in [0.4, 0.5) is 0 Å². The predicted octanol–water partition coefficient (Wildman–Crippen LogP) is 6.01. The molecule has 17 heavy (non-hydrogen) atoms. The van der Waals surface area contributed by atoms with Gasteiger partial charge in [-0.3, -0.25) is 0 Å². The molecule has 0 spiro atoms. The molecule has 0 aromatic heterocycles. The Bertz CT molecular complexity index is 192. The van der Waals surface area contributed by atoms with Crippen LogP contribution >= 0.6 is 0 Å². The highest BCUT2D eigenvalue weighted by Crippen LogP contribution is 2.53. The summed E-state index contributed by atoms with van der Waals surface area (Å²) < 4.78 is 0. The second-order valence-corrected chi connectivity index (χ2v) is 6.81. The van der Waals surface area contributed by atoms with Crippen molar-refractivity contribution in [1.82, 2.24) is 0 Å². The summed E-state index contributed by atoms with van der Waals surface area (Å²) in [5.74, 6) is 3.97. The smallest absolute Gasteiger partial charge is 0.0195 e. The van der Waals surface area contributed by atoms with Gasteiger partial charge in [-0.05, 0) is 35.0 Å². The summed E-state index contributed by atoms with van der Waals surface area (Å²) >= 11 is 0. The summed E-state index contributed by atoms with van der Waals surface area (Å²) in [6.45, 7) is 21.8. The van der Waals surface area contributed by atoms with E-state index in [9.17, 15) is 0 Å². The van der Waals surface area contributed by atoms with Crippen LogP contribution in [0, 0.1) is 35.0 Å². The lowest BCUT2D eigenvalue weighted by atomic mass is 9.52. The Morgan fingerprint density at radius 1 is 0.706 bits per heavy atom. The molecular formula is C17H36. The minimum absolute atomic E-state index is 0.498. The molecule has 0 nitrogen and oxygen atoms in total. The highest BCUT2D eigenvalue weighted by Gasteiger charge is 2.47. The van der Waals surface area contributed by atoms with E-state index in [0.717, 1.165) is 29.6 Å². The minimum atomic E-state index is 0.498. The second-order valence-electron chi connectivity index (χ2n) is 6.81. The van der Waals surface area contributed by atoms with Gasteiger partial charge < -0.3 is 0 Å². The van der Waals surface area contributed by atoms with Gasteiger partial charge in [-0.1, -0.05) is 75.2 Å². The van der Waals surface area contributed by atoms with E-state index in [2.05, 4.69) is 62.3 Å². The van der Waals surface area contributed by atoms with Crippen molar-refractivity contribution in [3.05, 3.63) is 0 Å². The molecule has 0 heteroatoms. The first-order valence-electron chi connectivity index (χ1n) is 7.76. The SMILES string of the molecule is CCC(C)C(C(C)C)(C(C)CC)C(C)C(C)C. The van der Waals surface area contributed by atoms with E-state index >= 15 is 0 Å². The molecule has 0 aliphatic rings. The molecule has 0 aromatic rings. The molecule has 0 saturated heterocycles. The predicted molar refractivity (Wildman–Crippen MR) is 80.2 cm³/mol. The molecule has 3 atom stereocenters. The number of rotatable bonds is 7. The monoisotopic (exact) mass is 240 g/mol. The van der Waals surface area contributed by atoms with Crippen molar-refractivity contribution in [2.24, 2.45) is 35.0 Å². The summed E-state index contributed by atoms with van der Waals surface area (Å²) in [6, 6.07) is 0. The van der Waals surface area contributed by atoms with Crippen molar-refractivity contribution in [2.45, 2.75) is 75.2 Å². The van der Waals surface area contributed by atoms with Gasteiger partial charge in [0.1, 0.15) is 0 Å². The molecule has 104 valence electrons. The molecule has 0 fully saturated rings. The summed E-state index contributed by atoms with van der Waals surface area (Å²) in [4.78, 5) is 0. The fourth-order valence-corrected chi connectivity index (χ4v) is 4.33. The minimum Gasteiger partial charge on any atom is -0.0651 e. The van der Waals surface area contributed by atoms with Gasteiger partial charge in [-0.25, -0.2) is 0 Å². The maximum atomic E-state index is 2.49. The van der Waals surface area contributed by atoms with Crippen molar-refractivity contribution >= 4 is 0 Å². The normalized spacial score (nSPS) is 21.4. The molecule has 0 aliphatic carbocycles. The Kier molecular flexibility index (Phi) is 6.81. The highest BCUT2D eigenvalue weighted by molar-refractivity contribution is 4.95. The number of hydrogen-bond donors (Lipinski definition) is 0. The maximum Gasteiger partial charge on any atom is -0.0195 e. The van der Waals surface area contributed by atoms with E-state index in [0.29, 0.717) is 5.41 Å². The molecule has 0 N–H and O–H groups in total. The molecule has 0 aliphatic heterocycles. The fraction of sp³-hybridized carbons (Fsp3) is 1.00. The van der Waals surface area contributed by atoms with E-state index in [1.807, 2.05) is 0 Å². The average molecular weight is 240 g/mol. The summed E-state index contributed by atoms with van der Waals surface area (Å²) in [6.07, 6.45) is 2.61. The van der Waals surface area contributed by atoms with Gasteiger partial charge >= 0.3 is 0 Å². The lowest BCUT2D eigenvalue weighted by Gasteiger charge is -2.53. The van der Waals surface area contributed by atoms with Crippen LogP contribution in [0.15, 0.2) is 0 Å². The van der Waals surface area contributed by atoms with E-state index in [1.54, 1.807) is 0 Å². The van der Waals surface area contributed by atoms with Crippen molar-refractivity contribution < 1.29 is 0 Å². The van der Waals surface area contributed by atoms with Crippen molar-refractivity contribution in [1.29, 1.82) is 0 Å². The standard InChI is InChI=1S/C17H36/c1-10-14(7)17(13(5)6,15(8)11-2)16(9)12(3)4/h12-16H,10-11H2,1-9H3. The highest BCUT2D eigenvalue weighted by atomic mass is 14.5. The van der Waals surface area contributed by atoms with Crippen LogP contribution in [0.2, 0.25) is 0 Å². The molecule has 0 amide bonds. The van der Waals surface area contributed by atoms with E-state index < -0.39 is 0 Å². The lowest BCUT2D eigenvalue weighted by molar-refractivity contribution is -0.0481. The third-order valence-corrected chi connectivity index (χ3v) is 5.72. The van der Waals surface area contributed by atoms with Gasteiger partial charge in [0.15, 0.2) is 0 Å². The molecule has 0 heterocycles. The molecule has 0 saturated carbocycles. The zero-order valence-electron chi connectivity index (χ0n) is 13.8. The molecule has 3 unspecified atom stereocenters. The topological polar surface area (TPSA) is 0 Å². The third-order valence-electron chi connectivity index (χ3n) is 5.72. The molecule has 0 aromatic carbocycles. The van der Waals surface area contributed by atoms with Gasteiger partial charge in [0.2, 0.25) is 0 Å². The zero-order valence-corrected chi connectivity index (χ0v) is 13.8. The van der Waals surface area contributed by atoms with Crippen LogP contribution < -0.4 is 0 Å². The number of hydrogen-bond acceptors (Lipinski definition) is 0. The Balaban J connectivity index is 5.55. The molecule has 0 radical (unpaired) electrons. The first-order valence-corrected chi connectivity index (χ1v) is 7.76. The van der Waals surface area contributed by atoms with Gasteiger partial charge in [0, 0.05) is 0 Å². The summed E-state index contributed by atoms with van der Waals surface area (Å²) in [5.41, 5.74) is 0.498. The summed E-state index contributed by atoms with van der Waals surface area (Å²) in [5, 5.41) is 0. The van der Waals surface area contributed by atoms with Crippen LogP contribution in [0.1, 0.15) is 75.2 Å². The van der Waals surface area contributed by atoms with Crippen LogP contribution in [-0.2, 0) is 0 Å². The van der Waals surface area contributed by atoms with Crippen LogP contribution in [0.25, 0.3) is 0 Å². The molecule has 0 rings (SSSR count). The second kappa shape index (κ2) is 6.81. The van der Waals surface area contributed by atoms with Gasteiger partial charge in [0.25, 0.3) is 0 Å². The maximum absolute atomic E-state index is 2.49. The van der Waals surface area contributed by atoms with Crippen molar-refractivity contribution in [3.8, 4) is 0 Å².